The van der Waals surface area contributed by atoms with E-state index in [2.05, 4.69) is 9.97 Å². The van der Waals surface area contributed by atoms with Crippen molar-refractivity contribution >= 4 is 28.4 Å². The van der Waals surface area contributed by atoms with Gasteiger partial charge in [0.15, 0.2) is 6.29 Å². The Bertz CT molecular complexity index is 1530. The molecule has 1 saturated heterocycles. The van der Waals surface area contributed by atoms with Gasteiger partial charge < -0.3 is 18.8 Å². The molecule has 5 heterocycles. The summed E-state index contributed by atoms with van der Waals surface area (Å²) in [5.41, 5.74) is 2.80. The molecule has 0 amide bonds. The summed E-state index contributed by atoms with van der Waals surface area (Å²) < 4.78 is 39.7. The van der Waals surface area contributed by atoms with Gasteiger partial charge >= 0.3 is 0 Å². The molecule has 0 bridgehead atoms. The minimum atomic E-state index is -0.530. The van der Waals surface area contributed by atoms with Gasteiger partial charge in [-0.2, -0.15) is 0 Å². The fourth-order valence-electron chi connectivity index (χ4n) is 3.89. The van der Waals surface area contributed by atoms with E-state index in [1.54, 1.807) is 13.8 Å². The standard InChI is InChI=1S/C13H13FN2O3.C11H9FN2O2/c1-8-4-11(17)16(7-12-18-2-3-19-12)10-5-9(14)6-15-13(8)10;1-7-4-10(16)14(2-3-15)9-5-8(12)6-13-11(7)9/h4-6,12H,2-3,7H2,1H3;3-6H,2H2,1H3. The van der Waals surface area contributed by atoms with Gasteiger partial charge in [-0.05, 0) is 25.0 Å². The van der Waals surface area contributed by atoms with Crippen LogP contribution in [0.15, 0.2) is 46.2 Å². The first kappa shape index (κ1) is 24.3. The van der Waals surface area contributed by atoms with Gasteiger partial charge in [-0.3, -0.25) is 24.1 Å². The smallest absolute Gasteiger partial charge is 0.251 e. The normalized spacial score (nSPS) is 13.7. The quantitative estimate of drug-likeness (QED) is 0.409. The first-order valence-corrected chi connectivity index (χ1v) is 10.8. The van der Waals surface area contributed by atoms with Gasteiger partial charge in [-0.1, -0.05) is 0 Å². The van der Waals surface area contributed by atoms with E-state index >= 15 is 0 Å². The summed E-state index contributed by atoms with van der Waals surface area (Å²) in [6.07, 6.45) is 2.37. The molecule has 0 aliphatic carbocycles. The number of aryl methyl sites for hydroxylation is 2. The van der Waals surface area contributed by atoms with E-state index in [0.717, 1.165) is 18.0 Å². The fourth-order valence-corrected chi connectivity index (χ4v) is 3.89. The summed E-state index contributed by atoms with van der Waals surface area (Å²) >= 11 is 0. The summed E-state index contributed by atoms with van der Waals surface area (Å²) in [6.45, 7) is 4.66. The van der Waals surface area contributed by atoms with Crippen molar-refractivity contribution < 1.29 is 23.0 Å². The zero-order chi connectivity index (χ0) is 25.1. The second-order valence-electron chi connectivity index (χ2n) is 7.93. The third-order valence-electron chi connectivity index (χ3n) is 5.49. The summed E-state index contributed by atoms with van der Waals surface area (Å²) in [6, 6.07) is 5.39. The Kier molecular flexibility index (Phi) is 7.08. The number of hydrogen-bond acceptors (Lipinski definition) is 7. The van der Waals surface area contributed by atoms with E-state index in [4.69, 9.17) is 9.47 Å². The lowest BCUT2D eigenvalue weighted by Crippen LogP contribution is -2.27. The minimum absolute atomic E-state index is 0.0965. The van der Waals surface area contributed by atoms with Gasteiger partial charge in [0.05, 0.1) is 60.8 Å². The first-order valence-electron chi connectivity index (χ1n) is 10.8. The first-order chi connectivity index (χ1) is 16.8. The van der Waals surface area contributed by atoms with E-state index < -0.39 is 17.9 Å². The Balaban J connectivity index is 0.000000168. The predicted molar refractivity (Wildman–Crippen MR) is 123 cm³/mol. The molecule has 0 N–H and O–H groups in total. The molecule has 9 nitrogen and oxygen atoms in total. The zero-order valence-electron chi connectivity index (χ0n) is 19.0. The highest BCUT2D eigenvalue weighted by Crippen LogP contribution is 2.17. The topological polar surface area (TPSA) is 105 Å². The van der Waals surface area contributed by atoms with Crippen LogP contribution in [0.4, 0.5) is 8.78 Å². The van der Waals surface area contributed by atoms with E-state index in [1.807, 2.05) is 0 Å². The lowest BCUT2D eigenvalue weighted by molar-refractivity contribution is -0.108. The summed E-state index contributed by atoms with van der Waals surface area (Å²) in [5.74, 6) is -1.00. The van der Waals surface area contributed by atoms with Crippen LogP contribution in [-0.4, -0.2) is 44.9 Å². The van der Waals surface area contributed by atoms with Crippen molar-refractivity contribution in [3.63, 3.8) is 0 Å². The number of nitrogens with zero attached hydrogens (tertiary/aromatic N) is 4. The number of pyridine rings is 4. The summed E-state index contributed by atoms with van der Waals surface area (Å²) in [5, 5.41) is 0. The molecule has 0 saturated carbocycles. The molecule has 11 heteroatoms. The Morgan fingerprint density at radius 1 is 0.886 bits per heavy atom. The molecular formula is C24H22F2N4O5. The van der Waals surface area contributed by atoms with E-state index in [9.17, 15) is 23.2 Å². The van der Waals surface area contributed by atoms with Gasteiger partial charge in [0, 0.05) is 24.3 Å². The molecule has 0 atom stereocenters. The van der Waals surface area contributed by atoms with Gasteiger partial charge in [-0.15, -0.1) is 0 Å². The Labute approximate surface area is 197 Å². The van der Waals surface area contributed by atoms with Crippen LogP contribution >= 0.6 is 0 Å². The molecule has 1 aliphatic heterocycles. The zero-order valence-corrected chi connectivity index (χ0v) is 19.0. The Hall–Kier alpha value is -3.83. The van der Waals surface area contributed by atoms with Crippen molar-refractivity contribution in [1.82, 2.24) is 19.1 Å². The Morgan fingerprint density at radius 3 is 1.89 bits per heavy atom. The maximum atomic E-state index is 13.4. The molecular weight excluding hydrogens is 462 g/mol. The molecule has 4 aromatic rings. The van der Waals surface area contributed by atoms with Crippen LogP contribution in [0.2, 0.25) is 0 Å². The molecule has 0 aromatic carbocycles. The van der Waals surface area contributed by atoms with Crippen LogP contribution in [0.5, 0.6) is 0 Å². The SMILES string of the molecule is Cc1cc(=O)n(CC2OCCO2)c2cc(F)cnc12.Cc1cc(=O)n(CC=O)c2cc(F)cnc12. The van der Waals surface area contributed by atoms with Crippen molar-refractivity contribution in [3.8, 4) is 0 Å². The summed E-state index contributed by atoms with van der Waals surface area (Å²) in [4.78, 5) is 42.1. The predicted octanol–water partition coefficient (Wildman–Crippen LogP) is 2.26. The van der Waals surface area contributed by atoms with Crippen LogP contribution in [0.25, 0.3) is 22.1 Å². The summed E-state index contributed by atoms with van der Waals surface area (Å²) in [7, 11) is 0. The molecule has 0 unspecified atom stereocenters. The number of carbonyl (C=O) groups is 1. The van der Waals surface area contributed by atoms with Crippen molar-refractivity contribution in [2.45, 2.75) is 33.2 Å². The fraction of sp³-hybridized carbons (Fsp3) is 0.292. The number of carbonyl (C=O) groups excluding carboxylic acids is 1. The molecule has 182 valence electrons. The van der Waals surface area contributed by atoms with Crippen LogP contribution in [0.1, 0.15) is 11.1 Å². The van der Waals surface area contributed by atoms with Crippen molar-refractivity contribution in [2.75, 3.05) is 13.2 Å². The highest BCUT2D eigenvalue weighted by molar-refractivity contribution is 5.79. The Morgan fingerprint density at radius 2 is 1.37 bits per heavy atom. The molecule has 35 heavy (non-hydrogen) atoms. The number of hydrogen-bond donors (Lipinski definition) is 0. The molecule has 0 spiro atoms. The minimum Gasteiger partial charge on any atom is -0.348 e. The van der Waals surface area contributed by atoms with Crippen LogP contribution in [0, 0.1) is 25.5 Å². The van der Waals surface area contributed by atoms with E-state index in [-0.39, 0.29) is 24.2 Å². The number of aromatic nitrogens is 4. The van der Waals surface area contributed by atoms with Crippen LogP contribution in [0.3, 0.4) is 0 Å². The second kappa shape index (κ2) is 10.2. The van der Waals surface area contributed by atoms with E-state index in [0.29, 0.717) is 47.1 Å². The average molecular weight is 484 g/mol. The lowest BCUT2D eigenvalue weighted by Gasteiger charge is -2.14. The number of aldehydes is 1. The lowest BCUT2D eigenvalue weighted by atomic mass is 10.2. The molecule has 5 rings (SSSR count). The molecule has 1 fully saturated rings. The molecule has 0 radical (unpaired) electrons. The maximum Gasteiger partial charge on any atom is 0.251 e. The molecule has 4 aromatic heterocycles. The van der Waals surface area contributed by atoms with E-state index in [1.165, 1.54) is 33.4 Å². The third kappa shape index (κ3) is 5.15. The largest absolute Gasteiger partial charge is 0.348 e. The van der Waals surface area contributed by atoms with Gasteiger partial charge in [0.2, 0.25) is 0 Å². The van der Waals surface area contributed by atoms with Gasteiger partial charge in [-0.25, -0.2) is 8.78 Å². The third-order valence-corrected chi connectivity index (χ3v) is 5.49. The monoisotopic (exact) mass is 484 g/mol. The van der Waals surface area contributed by atoms with Crippen molar-refractivity contribution in [2.24, 2.45) is 0 Å². The maximum absolute atomic E-state index is 13.4. The van der Waals surface area contributed by atoms with Crippen molar-refractivity contribution in [1.29, 1.82) is 0 Å². The van der Waals surface area contributed by atoms with Crippen molar-refractivity contribution in [3.05, 3.63) is 80.1 Å². The average Bonchev–Trinajstić information content (AvgIpc) is 3.33. The van der Waals surface area contributed by atoms with Crippen LogP contribution in [-0.2, 0) is 27.4 Å². The van der Waals surface area contributed by atoms with Gasteiger partial charge in [0.1, 0.15) is 17.9 Å². The molecule has 1 aliphatic rings. The second-order valence-corrected chi connectivity index (χ2v) is 7.93. The number of fused-ring (bicyclic) bond motifs is 2. The number of ether oxygens (including phenoxy) is 2. The highest BCUT2D eigenvalue weighted by atomic mass is 19.1. The van der Waals surface area contributed by atoms with Crippen LogP contribution < -0.4 is 11.1 Å². The van der Waals surface area contributed by atoms with Gasteiger partial charge in [0.25, 0.3) is 11.1 Å². The highest BCUT2D eigenvalue weighted by Gasteiger charge is 2.19. The number of rotatable bonds is 4. The number of halogens is 2.